The van der Waals surface area contributed by atoms with Gasteiger partial charge in [-0.2, -0.15) is 5.10 Å². The van der Waals surface area contributed by atoms with Crippen molar-refractivity contribution in [2.75, 3.05) is 0 Å². The molecule has 0 saturated heterocycles. The summed E-state index contributed by atoms with van der Waals surface area (Å²) in [7, 11) is 0. The van der Waals surface area contributed by atoms with E-state index in [0.29, 0.717) is 28.6 Å². The third kappa shape index (κ3) is 4.21. The summed E-state index contributed by atoms with van der Waals surface area (Å²) < 4.78 is 14.5. The van der Waals surface area contributed by atoms with Crippen LogP contribution >= 0.6 is 0 Å². The van der Waals surface area contributed by atoms with E-state index in [4.69, 9.17) is 0 Å². The van der Waals surface area contributed by atoms with E-state index in [1.165, 1.54) is 23.0 Å². The van der Waals surface area contributed by atoms with E-state index in [1.807, 2.05) is 6.07 Å². The number of nitrogens with zero attached hydrogens (tertiary/aromatic N) is 3. The molecule has 162 valence electrons. The van der Waals surface area contributed by atoms with Crippen molar-refractivity contribution in [2.45, 2.75) is 12.8 Å². The summed E-state index contributed by atoms with van der Waals surface area (Å²) in [4.78, 5) is 30.4. The molecule has 0 unspecified atom stereocenters. The predicted molar refractivity (Wildman–Crippen MR) is 124 cm³/mol. The fourth-order valence-corrected chi connectivity index (χ4v) is 3.78. The number of carbonyl (C=O) groups excluding carboxylic acids is 1. The molecule has 0 aliphatic heterocycles. The molecule has 0 bridgehead atoms. The average molecular weight is 438 g/mol. The van der Waals surface area contributed by atoms with Crippen molar-refractivity contribution in [1.82, 2.24) is 19.7 Å². The number of ketones is 1. The minimum atomic E-state index is -0.302. The molecule has 0 saturated carbocycles. The highest BCUT2D eigenvalue weighted by molar-refractivity contribution is 5.96. The highest BCUT2D eigenvalue weighted by atomic mass is 19.1. The van der Waals surface area contributed by atoms with Crippen LogP contribution in [0.4, 0.5) is 4.39 Å². The van der Waals surface area contributed by atoms with Gasteiger partial charge in [-0.3, -0.25) is 19.3 Å². The van der Waals surface area contributed by atoms with Crippen molar-refractivity contribution in [2.24, 2.45) is 0 Å². The molecule has 33 heavy (non-hydrogen) atoms. The van der Waals surface area contributed by atoms with Gasteiger partial charge in [0.15, 0.2) is 5.78 Å². The maximum atomic E-state index is 13.3. The molecule has 2 aromatic heterocycles. The van der Waals surface area contributed by atoms with Crippen LogP contribution in [0.3, 0.4) is 0 Å². The van der Waals surface area contributed by atoms with Crippen molar-refractivity contribution in [3.63, 3.8) is 0 Å². The molecular formula is C26H19FN4O2. The van der Waals surface area contributed by atoms with E-state index < -0.39 is 0 Å². The Morgan fingerprint density at radius 3 is 2.64 bits per heavy atom. The number of aromatic amines is 1. The predicted octanol–water partition coefficient (Wildman–Crippen LogP) is 4.73. The Balaban J connectivity index is 1.44. The quantitative estimate of drug-likeness (QED) is 0.389. The largest absolute Gasteiger partial charge is 0.294 e. The van der Waals surface area contributed by atoms with Crippen LogP contribution in [0, 0.1) is 5.82 Å². The van der Waals surface area contributed by atoms with Crippen molar-refractivity contribution in [1.29, 1.82) is 0 Å². The van der Waals surface area contributed by atoms with Gasteiger partial charge in [-0.25, -0.2) is 9.37 Å². The van der Waals surface area contributed by atoms with Gasteiger partial charge in [-0.15, -0.1) is 0 Å². The number of Topliss-reactive ketones (excluding diaryl/α,β-unsaturated/α-hetero) is 1. The average Bonchev–Trinajstić information content (AvgIpc) is 3.39. The van der Waals surface area contributed by atoms with E-state index in [0.717, 1.165) is 16.7 Å². The van der Waals surface area contributed by atoms with Crippen LogP contribution in [0.2, 0.25) is 0 Å². The maximum absolute atomic E-state index is 13.3. The maximum Gasteiger partial charge on any atom is 0.265 e. The third-order valence-electron chi connectivity index (χ3n) is 5.59. The van der Waals surface area contributed by atoms with Crippen LogP contribution in [0.5, 0.6) is 0 Å². The molecule has 0 radical (unpaired) electrons. The van der Waals surface area contributed by atoms with Gasteiger partial charge in [0.1, 0.15) is 12.1 Å². The molecule has 1 N–H and O–H groups in total. The van der Waals surface area contributed by atoms with Crippen LogP contribution in [-0.4, -0.2) is 25.5 Å². The summed E-state index contributed by atoms with van der Waals surface area (Å²) in [6.45, 7) is 0. The lowest BCUT2D eigenvalue weighted by Gasteiger charge is -2.09. The van der Waals surface area contributed by atoms with E-state index in [-0.39, 0.29) is 23.6 Å². The zero-order valence-electron chi connectivity index (χ0n) is 17.5. The SMILES string of the molecule is O=C(CCc1ccc(F)cc1)c1cccc(-n2cnc3ccc(-c4cn[nH]c4)cc3c2=O)c1. The van der Waals surface area contributed by atoms with Crippen molar-refractivity contribution in [3.05, 3.63) is 113 Å². The first-order valence-electron chi connectivity index (χ1n) is 10.5. The minimum Gasteiger partial charge on any atom is -0.294 e. The summed E-state index contributed by atoms with van der Waals surface area (Å²) in [5.41, 5.74) is 4.07. The molecule has 0 aliphatic rings. The van der Waals surface area contributed by atoms with E-state index in [1.54, 1.807) is 60.9 Å². The molecule has 0 atom stereocenters. The lowest BCUT2D eigenvalue weighted by molar-refractivity contribution is 0.0983. The molecule has 0 aliphatic carbocycles. The number of rotatable bonds is 6. The van der Waals surface area contributed by atoms with Crippen molar-refractivity contribution < 1.29 is 9.18 Å². The zero-order chi connectivity index (χ0) is 22.8. The number of hydrogen-bond donors (Lipinski definition) is 1. The fraction of sp³-hybridized carbons (Fsp3) is 0.0769. The van der Waals surface area contributed by atoms with Gasteiger partial charge in [0.05, 0.1) is 22.8 Å². The molecule has 0 fully saturated rings. The van der Waals surface area contributed by atoms with Crippen molar-refractivity contribution >= 4 is 16.7 Å². The van der Waals surface area contributed by atoms with Gasteiger partial charge in [0, 0.05) is 23.7 Å². The van der Waals surface area contributed by atoms with Crippen LogP contribution in [-0.2, 0) is 6.42 Å². The summed E-state index contributed by atoms with van der Waals surface area (Å²) in [5, 5.41) is 7.20. The summed E-state index contributed by atoms with van der Waals surface area (Å²) in [6.07, 6.45) is 5.73. The number of aryl methyl sites for hydroxylation is 1. The topological polar surface area (TPSA) is 80.6 Å². The Morgan fingerprint density at radius 2 is 1.85 bits per heavy atom. The lowest BCUT2D eigenvalue weighted by atomic mass is 10.0. The molecule has 5 aromatic rings. The second-order valence-electron chi connectivity index (χ2n) is 7.74. The van der Waals surface area contributed by atoms with E-state index in [2.05, 4.69) is 15.2 Å². The van der Waals surface area contributed by atoms with Crippen molar-refractivity contribution in [3.8, 4) is 16.8 Å². The van der Waals surface area contributed by atoms with E-state index >= 15 is 0 Å². The van der Waals surface area contributed by atoms with Gasteiger partial charge < -0.3 is 0 Å². The monoisotopic (exact) mass is 438 g/mol. The molecular weight excluding hydrogens is 419 g/mol. The number of carbonyl (C=O) groups is 1. The standard InChI is InChI=1S/C26H19FN4O2/c27-21-8-4-17(5-9-21)6-11-25(32)19-2-1-3-22(12-19)31-16-28-24-10-7-18(13-23(24)26(31)33)20-14-29-30-15-20/h1-5,7-10,12-16H,6,11H2,(H,29,30). The van der Waals surface area contributed by atoms with Gasteiger partial charge >= 0.3 is 0 Å². The molecule has 7 heteroatoms. The van der Waals surface area contributed by atoms with Gasteiger partial charge in [0.2, 0.25) is 0 Å². The Bertz CT molecular complexity index is 1510. The number of fused-ring (bicyclic) bond motifs is 1. The second-order valence-corrected chi connectivity index (χ2v) is 7.74. The second kappa shape index (κ2) is 8.63. The number of nitrogens with one attached hydrogen (secondary N) is 1. The molecule has 2 heterocycles. The fourth-order valence-electron chi connectivity index (χ4n) is 3.78. The van der Waals surface area contributed by atoms with Crippen LogP contribution < -0.4 is 5.56 Å². The summed E-state index contributed by atoms with van der Waals surface area (Å²) in [5.74, 6) is -0.352. The van der Waals surface area contributed by atoms with Gasteiger partial charge in [-0.05, 0) is 53.9 Å². The number of benzene rings is 3. The molecule has 6 nitrogen and oxygen atoms in total. The summed E-state index contributed by atoms with van der Waals surface area (Å²) in [6, 6.07) is 18.6. The van der Waals surface area contributed by atoms with Gasteiger partial charge in [-0.1, -0.05) is 30.3 Å². The number of aromatic nitrogens is 4. The Kier molecular flexibility index (Phi) is 5.36. The number of halogens is 1. The highest BCUT2D eigenvalue weighted by Crippen LogP contribution is 2.21. The lowest BCUT2D eigenvalue weighted by Crippen LogP contribution is -2.19. The summed E-state index contributed by atoms with van der Waals surface area (Å²) >= 11 is 0. The third-order valence-corrected chi connectivity index (χ3v) is 5.59. The normalized spacial score (nSPS) is 11.1. The Morgan fingerprint density at radius 1 is 1.00 bits per heavy atom. The Labute approximate surface area is 188 Å². The van der Waals surface area contributed by atoms with E-state index in [9.17, 15) is 14.0 Å². The van der Waals surface area contributed by atoms with Crippen LogP contribution in [0.1, 0.15) is 22.3 Å². The highest BCUT2D eigenvalue weighted by Gasteiger charge is 2.11. The number of hydrogen-bond acceptors (Lipinski definition) is 4. The van der Waals surface area contributed by atoms with Crippen LogP contribution in [0.15, 0.2) is 90.2 Å². The molecule has 5 rings (SSSR count). The smallest absolute Gasteiger partial charge is 0.265 e. The van der Waals surface area contributed by atoms with Crippen LogP contribution in [0.25, 0.3) is 27.7 Å². The van der Waals surface area contributed by atoms with Gasteiger partial charge in [0.25, 0.3) is 5.56 Å². The molecule has 0 spiro atoms. The molecule has 0 amide bonds. The first-order valence-corrected chi connectivity index (χ1v) is 10.5. The molecule has 3 aromatic carbocycles. The number of H-pyrrole nitrogens is 1. The first-order chi connectivity index (χ1) is 16.1. The first kappa shape index (κ1) is 20.5. The Hall–Kier alpha value is -4.39. The zero-order valence-corrected chi connectivity index (χ0v) is 17.5. The minimum absolute atomic E-state index is 0.0507.